The van der Waals surface area contributed by atoms with E-state index in [2.05, 4.69) is 10.3 Å². The number of hydrogen-bond acceptors (Lipinski definition) is 4. The van der Waals surface area contributed by atoms with Crippen molar-refractivity contribution in [3.05, 3.63) is 90.2 Å². The Hall–Kier alpha value is -2.92. The van der Waals surface area contributed by atoms with Gasteiger partial charge in [0.15, 0.2) is 5.16 Å². The molecule has 0 fully saturated rings. The van der Waals surface area contributed by atoms with Crippen LogP contribution < -0.4 is 5.32 Å². The van der Waals surface area contributed by atoms with Gasteiger partial charge in [0.05, 0.1) is 5.52 Å². The number of benzene rings is 3. The van der Waals surface area contributed by atoms with Gasteiger partial charge in [-0.25, -0.2) is 14.4 Å². The summed E-state index contributed by atoms with van der Waals surface area (Å²) in [7, 11) is 0. The van der Waals surface area contributed by atoms with Gasteiger partial charge in [-0.1, -0.05) is 54.2 Å². The number of aromatic nitrogens is 2. The Kier molecular flexibility index (Phi) is 4.80. The Labute approximate surface area is 155 Å². The molecular formula is C21H16FN3S. The number of fused-ring (bicyclic) bond motifs is 1. The van der Waals surface area contributed by atoms with E-state index in [-0.39, 0.29) is 5.82 Å². The van der Waals surface area contributed by atoms with Crippen molar-refractivity contribution in [1.82, 2.24) is 9.97 Å². The van der Waals surface area contributed by atoms with Crippen molar-refractivity contribution in [2.75, 3.05) is 5.32 Å². The molecule has 0 radical (unpaired) electrons. The largest absolute Gasteiger partial charge is 0.340 e. The Morgan fingerprint density at radius 1 is 0.808 bits per heavy atom. The van der Waals surface area contributed by atoms with Crippen LogP contribution in [0, 0.1) is 5.82 Å². The van der Waals surface area contributed by atoms with Crippen LogP contribution >= 0.6 is 11.8 Å². The summed E-state index contributed by atoms with van der Waals surface area (Å²) in [6.45, 7) is 0. The molecule has 0 bridgehead atoms. The molecule has 1 N–H and O–H groups in total. The quantitative estimate of drug-likeness (QED) is 0.360. The number of hydrogen-bond donors (Lipinski definition) is 1. The average molecular weight is 361 g/mol. The highest BCUT2D eigenvalue weighted by Crippen LogP contribution is 2.28. The van der Waals surface area contributed by atoms with Gasteiger partial charge in [-0.3, -0.25) is 0 Å². The number of nitrogens with one attached hydrogen (secondary N) is 1. The lowest BCUT2D eigenvalue weighted by molar-refractivity contribution is 0.627. The van der Waals surface area contributed by atoms with E-state index >= 15 is 0 Å². The van der Waals surface area contributed by atoms with Crippen molar-refractivity contribution in [3.8, 4) is 0 Å². The molecular weight excluding hydrogens is 345 g/mol. The number of rotatable bonds is 5. The number of halogens is 1. The zero-order valence-corrected chi connectivity index (χ0v) is 14.7. The standard InChI is InChI=1S/C21H16FN3S/c22-16-12-10-15(11-13-16)14-26-21-24-19-9-5-4-8-18(19)20(25-21)23-17-6-2-1-3-7-17/h1-13H,14H2,(H,23,24,25). The van der Waals surface area contributed by atoms with Gasteiger partial charge in [0.2, 0.25) is 0 Å². The van der Waals surface area contributed by atoms with Crippen molar-refractivity contribution in [2.45, 2.75) is 10.9 Å². The minimum Gasteiger partial charge on any atom is -0.340 e. The highest BCUT2D eigenvalue weighted by molar-refractivity contribution is 7.98. The van der Waals surface area contributed by atoms with E-state index in [1.54, 1.807) is 12.1 Å². The summed E-state index contributed by atoms with van der Waals surface area (Å²) in [6.07, 6.45) is 0. The number of nitrogens with zero attached hydrogens (tertiary/aromatic N) is 2. The first-order valence-electron chi connectivity index (χ1n) is 8.24. The van der Waals surface area contributed by atoms with Crippen LogP contribution in [0.15, 0.2) is 84.0 Å². The highest BCUT2D eigenvalue weighted by Gasteiger charge is 2.09. The smallest absolute Gasteiger partial charge is 0.190 e. The van der Waals surface area contributed by atoms with Crippen molar-refractivity contribution < 1.29 is 4.39 Å². The molecule has 1 heterocycles. The second-order valence-corrected chi connectivity index (χ2v) is 6.72. The monoisotopic (exact) mass is 361 g/mol. The molecule has 128 valence electrons. The fourth-order valence-electron chi connectivity index (χ4n) is 2.60. The molecule has 0 spiro atoms. The zero-order valence-electron chi connectivity index (χ0n) is 13.9. The molecule has 0 saturated heterocycles. The maximum Gasteiger partial charge on any atom is 0.190 e. The predicted octanol–water partition coefficient (Wildman–Crippen LogP) is 5.80. The summed E-state index contributed by atoms with van der Waals surface area (Å²) in [5.41, 5.74) is 2.90. The molecule has 3 aromatic carbocycles. The van der Waals surface area contributed by atoms with Crippen LogP contribution in [0.4, 0.5) is 15.9 Å². The van der Waals surface area contributed by atoms with E-state index in [0.717, 1.165) is 28.0 Å². The molecule has 5 heteroatoms. The average Bonchev–Trinajstić information content (AvgIpc) is 2.68. The van der Waals surface area contributed by atoms with Crippen molar-refractivity contribution in [3.63, 3.8) is 0 Å². The van der Waals surface area contributed by atoms with Crippen LogP contribution in [0.25, 0.3) is 10.9 Å². The van der Waals surface area contributed by atoms with Gasteiger partial charge >= 0.3 is 0 Å². The Morgan fingerprint density at radius 3 is 2.35 bits per heavy atom. The molecule has 0 aliphatic carbocycles. The fourth-order valence-corrected chi connectivity index (χ4v) is 3.41. The van der Waals surface area contributed by atoms with Gasteiger partial charge in [0.25, 0.3) is 0 Å². The molecule has 4 aromatic rings. The summed E-state index contributed by atoms with van der Waals surface area (Å²) in [4.78, 5) is 9.34. The molecule has 0 amide bonds. The highest BCUT2D eigenvalue weighted by atomic mass is 32.2. The number of para-hydroxylation sites is 2. The van der Waals surface area contributed by atoms with E-state index in [1.807, 2.05) is 54.6 Å². The van der Waals surface area contributed by atoms with Crippen molar-refractivity contribution in [1.29, 1.82) is 0 Å². The van der Waals surface area contributed by atoms with E-state index in [9.17, 15) is 4.39 Å². The van der Waals surface area contributed by atoms with E-state index < -0.39 is 0 Å². The lowest BCUT2D eigenvalue weighted by atomic mass is 10.2. The third-order valence-corrected chi connectivity index (χ3v) is 4.82. The van der Waals surface area contributed by atoms with Crippen LogP contribution in [-0.2, 0) is 5.75 Å². The predicted molar refractivity (Wildman–Crippen MR) is 105 cm³/mol. The van der Waals surface area contributed by atoms with E-state index in [4.69, 9.17) is 4.98 Å². The third-order valence-electron chi connectivity index (χ3n) is 3.90. The number of anilines is 2. The number of thioether (sulfide) groups is 1. The molecule has 26 heavy (non-hydrogen) atoms. The first-order valence-corrected chi connectivity index (χ1v) is 9.22. The molecule has 0 aliphatic rings. The molecule has 0 aliphatic heterocycles. The summed E-state index contributed by atoms with van der Waals surface area (Å²) in [5, 5.41) is 5.04. The first-order chi connectivity index (χ1) is 12.8. The SMILES string of the molecule is Fc1ccc(CSc2nc(Nc3ccccc3)c3ccccc3n2)cc1. The second-order valence-electron chi connectivity index (χ2n) is 5.78. The zero-order chi connectivity index (χ0) is 17.8. The van der Waals surface area contributed by atoms with Gasteiger partial charge in [-0.05, 0) is 42.0 Å². The van der Waals surface area contributed by atoms with Gasteiger partial charge in [-0.2, -0.15) is 0 Å². The minimum absolute atomic E-state index is 0.227. The van der Waals surface area contributed by atoms with Gasteiger partial charge in [0, 0.05) is 16.8 Å². The van der Waals surface area contributed by atoms with Gasteiger partial charge < -0.3 is 5.32 Å². The molecule has 3 nitrogen and oxygen atoms in total. The summed E-state index contributed by atoms with van der Waals surface area (Å²) in [5.74, 6) is 1.24. The Bertz CT molecular complexity index is 1020. The Balaban J connectivity index is 1.63. The van der Waals surface area contributed by atoms with E-state index in [0.29, 0.717) is 10.9 Å². The second kappa shape index (κ2) is 7.54. The summed E-state index contributed by atoms with van der Waals surface area (Å²) in [6, 6.07) is 24.4. The minimum atomic E-state index is -0.227. The maximum atomic E-state index is 13.0. The maximum absolute atomic E-state index is 13.0. The van der Waals surface area contributed by atoms with Crippen molar-refractivity contribution >= 4 is 34.2 Å². The van der Waals surface area contributed by atoms with E-state index in [1.165, 1.54) is 23.9 Å². The van der Waals surface area contributed by atoms with Gasteiger partial charge in [0.1, 0.15) is 11.6 Å². The van der Waals surface area contributed by atoms with Crippen LogP contribution in [0.2, 0.25) is 0 Å². The molecule has 0 atom stereocenters. The molecule has 1 aromatic heterocycles. The molecule has 0 saturated carbocycles. The van der Waals surface area contributed by atoms with Crippen LogP contribution in [0.3, 0.4) is 0 Å². The van der Waals surface area contributed by atoms with Gasteiger partial charge in [-0.15, -0.1) is 0 Å². The van der Waals surface area contributed by atoms with Crippen LogP contribution in [-0.4, -0.2) is 9.97 Å². The van der Waals surface area contributed by atoms with Crippen LogP contribution in [0.1, 0.15) is 5.56 Å². The fraction of sp³-hybridized carbons (Fsp3) is 0.0476. The lowest BCUT2D eigenvalue weighted by Gasteiger charge is -2.10. The third kappa shape index (κ3) is 3.83. The van der Waals surface area contributed by atoms with Crippen molar-refractivity contribution in [2.24, 2.45) is 0 Å². The Morgan fingerprint density at radius 2 is 1.54 bits per heavy atom. The summed E-state index contributed by atoms with van der Waals surface area (Å²) < 4.78 is 13.0. The first kappa shape index (κ1) is 16.5. The molecule has 4 rings (SSSR count). The lowest BCUT2D eigenvalue weighted by Crippen LogP contribution is -1.98. The normalized spacial score (nSPS) is 10.8. The van der Waals surface area contributed by atoms with Crippen LogP contribution in [0.5, 0.6) is 0 Å². The topological polar surface area (TPSA) is 37.8 Å². The molecule has 0 unspecified atom stereocenters. The summed E-state index contributed by atoms with van der Waals surface area (Å²) >= 11 is 1.53.